The van der Waals surface area contributed by atoms with Crippen LogP contribution in [0, 0.1) is 5.82 Å². The summed E-state index contributed by atoms with van der Waals surface area (Å²) in [5.74, 6) is 1.05. The van der Waals surface area contributed by atoms with Crippen LogP contribution < -0.4 is 5.32 Å². The molecule has 5 heteroatoms. The highest BCUT2D eigenvalue weighted by Gasteiger charge is 2.11. The van der Waals surface area contributed by atoms with Crippen LogP contribution >= 0.6 is 11.3 Å². The lowest BCUT2D eigenvalue weighted by molar-refractivity contribution is 0.629. The lowest BCUT2D eigenvalue weighted by Gasteiger charge is -2.07. The first kappa shape index (κ1) is 13.0. The number of fused-ring (bicyclic) bond motifs is 1. The molecule has 0 fully saturated rings. The fraction of sp³-hybridized carbons (Fsp3) is 0.200. The first-order chi connectivity index (χ1) is 9.71. The third-order valence-corrected chi connectivity index (χ3v) is 4.35. The minimum absolute atomic E-state index is 0.283. The Balaban J connectivity index is 2.19. The second kappa shape index (κ2) is 5.17. The van der Waals surface area contributed by atoms with Gasteiger partial charge in [-0.3, -0.25) is 0 Å². The van der Waals surface area contributed by atoms with Crippen molar-refractivity contribution in [1.82, 2.24) is 9.97 Å². The van der Waals surface area contributed by atoms with Crippen molar-refractivity contribution in [3.8, 4) is 10.7 Å². The van der Waals surface area contributed by atoms with Crippen molar-refractivity contribution in [3.05, 3.63) is 41.0 Å². The zero-order chi connectivity index (χ0) is 14.1. The zero-order valence-corrected chi connectivity index (χ0v) is 12.1. The van der Waals surface area contributed by atoms with Gasteiger partial charge in [0, 0.05) is 17.3 Å². The summed E-state index contributed by atoms with van der Waals surface area (Å²) in [7, 11) is 1.78. The summed E-state index contributed by atoms with van der Waals surface area (Å²) in [5, 5.41) is 3.71. The van der Waals surface area contributed by atoms with E-state index in [2.05, 4.69) is 28.3 Å². The first-order valence-electron chi connectivity index (χ1n) is 6.45. The molecule has 3 aromatic rings. The number of aryl methyl sites for hydroxylation is 1. The lowest BCUT2D eigenvalue weighted by atomic mass is 10.2. The molecule has 0 aliphatic carbocycles. The van der Waals surface area contributed by atoms with Gasteiger partial charge in [-0.25, -0.2) is 14.4 Å². The third kappa shape index (κ3) is 2.25. The van der Waals surface area contributed by atoms with Gasteiger partial charge >= 0.3 is 0 Å². The molecule has 102 valence electrons. The summed E-state index contributed by atoms with van der Waals surface area (Å²) in [6.07, 6.45) is 1.00. The molecule has 20 heavy (non-hydrogen) atoms. The maximum absolute atomic E-state index is 13.3. The van der Waals surface area contributed by atoms with E-state index in [1.807, 2.05) is 6.07 Å². The predicted octanol–water partition coefficient (Wildman–Crippen LogP) is 4.10. The van der Waals surface area contributed by atoms with Gasteiger partial charge in [0.05, 0.1) is 10.4 Å². The number of nitrogens with one attached hydrogen (secondary N) is 1. The molecule has 0 aliphatic heterocycles. The summed E-state index contributed by atoms with van der Waals surface area (Å²) in [6.45, 7) is 2.12. The number of aromatic nitrogens is 2. The van der Waals surface area contributed by atoms with Crippen molar-refractivity contribution >= 4 is 28.1 Å². The number of anilines is 1. The standard InChI is InChI=1S/C15H14FN3S/c1-3-10-5-7-13(20-10)15-18-12-6-4-9(16)8-11(12)14(17-2)19-15/h4-8H,3H2,1-2H3,(H,17,18,19). The van der Waals surface area contributed by atoms with Crippen LogP contribution in [0.2, 0.25) is 0 Å². The average Bonchev–Trinajstić information content (AvgIpc) is 2.95. The van der Waals surface area contributed by atoms with Crippen molar-refractivity contribution in [2.24, 2.45) is 0 Å². The Morgan fingerprint density at radius 2 is 2.05 bits per heavy atom. The summed E-state index contributed by atoms with van der Waals surface area (Å²) < 4.78 is 13.3. The molecule has 1 N–H and O–H groups in total. The van der Waals surface area contributed by atoms with Crippen molar-refractivity contribution < 1.29 is 4.39 Å². The second-order valence-electron chi connectivity index (χ2n) is 4.43. The quantitative estimate of drug-likeness (QED) is 0.788. The topological polar surface area (TPSA) is 37.8 Å². The fourth-order valence-corrected chi connectivity index (χ4v) is 2.97. The van der Waals surface area contributed by atoms with Gasteiger partial charge in [0.2, 0.25) is 0 Å². The highest BCUT2D eigenvalue weighted by molar-refractivity contribution is 7.15. The Hall–Kier alpha value is -2.01. The highest BCUT2D eigenvalue weighted by atomic mass is 32.1. The summed E-state index contributed by atoms with van der Waals surface area (Å²) in [4.78, 5) is 11.4. The van der Waals surface area contributed by atoms with Crippen LogP contribution in [0.5, 0.6) is 0 Å². The van der Waals surface area contributed by atoms with Crippen LogP contribution in [0.25, 0.3) is 21.6 Å². The van der Waals surface area contributed by atoms with Crippen LogP contribution in [-0.2, 0) is 6.42 Å². The van der Waals surface area contributed by atoms with Crippen molar-refractivity contribution in [3.63, 3.8) is 0 Å². The van der Waals surface area contributed by atoms with E-state index in [4.69, 9.17) is 0 Å². The van der Waals surface area contributed by atoms with E-state index in [1.54, 1.807) is 24.5 Å². The van der Waals surface area contributed by atoms with E-state index in [9.17, 15) is 4.39 Å². The van der Waals surface area contributed by atoms with E-state index < -0.39 is 0 Å². The predicted molar refractivity (Wildman–Crippen MR) is 81.7 cm³/mol. The Bertz CT molecular complexity index is 767. The van der Waals surface area contributed by atoms with Crippen molar-refractivity contribution in [2.45, 2.75) is 13.3 Å². The molecule has 3 rings (SSSR count). The molecular weight excluding hydrogens is 273 g/mol. The molecule has 0 atom stereocenters. The van der Waals surface area contributed by atoms with Crippen LogP contribution in [0.15, 0.2) is 30.3 Å². The van der Waals surface area contributed by atoms with E-state index in [-0.39, 0.29) is 5.82 Å². The molecule has 0 saturated heterocycles. The van der Waals surface area contributed by atoms with Crippen LogP contribution in [0.3, 0.4) is 0 Å². The normalized spacial score (nSPS) is 10.9. The van der Waals surface area contributed by atoms with Gasteiger partial charge in [-0.05, 0) is 36.8 Å². The number of nitrogens with zero attached hydrogens (tertiary/aromatic N) is 2. The van der Waals surface area contributed by atoms with Gasteiger partial charge in [-0.2, -0.15) is 0 Å². The maximum atomic E-state index is 13.3. The molecular formula is C15H14FN3S. The molecule has 0 amide bonds. The van der Waals surface area contributed by atoms with E-state index in [0.717, 1.165) is 16.8 Å². The molecule has 0 aliphatic rings. The minimum Gasteiger partial charge on any atom is -0.373 e. The van der Waals surface area contributed by atoms with Crippen LogP contribution in [0.4, 0.5) is 10.2 Å². The fourth-order valence-electron chi connectivity index (χ4n) is 2.09. The van der Waals surface area contributed by atoms with Gasteiger partial charge in [0.25, 0.3) is 0 Å². The zero-order valence-electron chi connectivity index (χ0n) is 11.3. The molecule has 0 radical (unpaired) electrons. The van der Waals surface area contributed by atoms with Gasteiger partial charge in [-0.15, -0.1) is 11.3 Å². The summed E-state index contributed by atoms with van der Waals surface area (Å²) >= 11 is 1.69. The Labute approximate surface area is 120 Å². The molecule has 2 heterocycles. The molecule has 0 bridgehead atoms. The largest absolute Gasteiger partial charge is 0.373 e. The molecule has 1 aromatic carbocycles. The maximum Gasteiger partial charge on any atom is 0.172 e. The lowest BCUT2D eigenvalue weighted by Crippen LogP contribution is -1.98. The summed E-state index contributed by atoms with van der Waals surface area (Å²) in [6, 6.07) is 8.69. The smallest absolute Gasteiger partial charge is 0.172 e. The first-order valence-corrected chi connectivity index (χ1v) is 7.27. The SMILES string of the molecule is CCc1ccc(-c2nc(NC)c3cc(F)ccc3n2)s1. The van der Waals surface area contributed by atoms with Gasteiger partial charge in [-0.1, -0.05) is 6.92 Å². The Morgan fingerprint density at radius 1 is 1.20 bits per heavy atom. The molecule has 0 spiro atoms. The highest BCUT2D eigenvalue weighted by Crippen LogP contribution is 2.29. The van der Waals surface area contributed by atoms with Crippen LogP contribution in [0.1, 0.15) is 11.8 Å². The second-order valence-corrected chi connectivity index (χ2v) is 5.60. The molecule has 3 nitrogen and oxygen atoms in total. The van der Waals surface area contributed by atoms with E-state index in [0.29, 0.717) is 17.0 Å². The number of rotatable bonds is 3. The van der Waals surface area contributed by atoms with E-state index >= 15 is 0 Å². The average molecular weight is 287 g/mol. The van der Waals surface area contributed by atoms with Gasteiger partial charge in [0.15, 0.2) is 5.82 Å². The number of halogens is 1. The van der Waals surface area contributed by atoms with E-state index in [1.165, 1.54) is 17.0 Å². The van der Waals surface area contributed by atoms with Gasteiger partial charge in [0.1, 0.15) is 11.6 Å². The number of hydrogen-bond acceptors (Lipinski definition) is 4. The molecule has 0 unspecified atom stereocenters. The van der Waals surface area contributed by atoms with Crippen molar-refractivity contribution in [1.29, 1.82) is 0 Å². The number of benzene rings is 1. The number of hydrogen-bond donors (Lipinski definition) is 1. The number of thiophene rings is 1. The monoisotopic (exact) mass is 287 g/mol. The van der Waals surface area contributed by atoms with Crippen LogP contribution in [-0.4, -0.2) is 17.0 Å². The summed E-state index contributed by atoms with van der Waals surface area (Å²) in [5.41, 5.74) is 0.743. The van der Waals surface area contributed by atoms with Crippen molar-refractivity contribution in [2.75, 3.05) is 12.4 Å². The van der Waals surface area contributed by atoms with Gasteiger partial charge < -0.3 is 5.32 Å². The Kier molecular flexibility index (Phi) is 3.36. The molecule has 2 aromatic heterocycles. The molecule has 0 saturated carbocycles. The Morgan fingerprint density at radius 3 is 2.75 bits per heavy atom. The minimum atomic E-state index is -0.283. The third-order valence-electron chi connectivity index (χ3n) is 3.13.